The highest BCUT2D eigenvalue weighted by atomic mass is 32.1. The summed E-state index contributed by atoms with van der Waals surface area (Å²) >= 11 is 1.24. The zero-order valence-electron chi connectivity index (χ0n) is 21.3. The minimum absolute atomic E-state index is 0.0614. The van der Waals surface area contributed by atoms with Crippen LogP contribution >= 0.6 is 11.3 Å². The minimum atomic E-state index is -1.00. The molecule has 38 heavy (non-hydrogen) atoms. The SMILES string of the molecule is CCOc1cc(C2C(=C(O)c3cc(C)ccc3C)C(=O)C(=O)N2c2nc3ccc(OC)cc3s2)ccc1O. The zero-order valence-corrected chi connectivity index (χ0v) is 22.1. The Bertz CT molecular complexity index is 1620. The fraction of sp³-hybridized carbons (Fsp3) is 0.207. The number of aliphatic hydroxyl groups is 1. The number of fused-ring (bicyclic) bond motifs is 1. The van der Waals surface area contributed by atoms with Gasteiger partial charge in [-0.3, -0.25) is 14.5 Å². The predicted octanol–water partition coefficient (Wildman–Crippen LogP) is 5.65. The molecule has 2 N–H and O–H groups in total. The third kappa shape index (κ3) is 4.24. The number of aromatic nitrogens is 1. The fourth-order valence-electron chi connectivity index (χ4n) is 4.58. The first-order valence-electron chi connectivity index (χ1n) is 12.0. The number of anilines is 1. The van der Waals surface area contributed by atoms with Crippen molar-refractivity contribution in [3.63, 3.8) is 0 Å². The van der Waals surface area contributed by atoms with E-state index >= 15 is 0 Å². The molecule has 1 aromatic heterocycles. The molecule has 0 radical (unpaired) electrons. The van der Waals surface area contributed by atoms with E-state index in [9.17, 15) is 19.8 Å². The van der Waals surface area contributed by atoms with Gasteiger partial charge in [0.1, 0.15) is 11.5 Å². The number of carbonyl (C=O) groups is 2. The molecule has 3 aromatic carbocycles. The van der Waals surface area contributed by atoms with Gasteiger partial charge in [0.2, 0.25) is 0 Å². The number of aromatic hydroxyl groups is 1. The Morgan fingerprint density at radius 1 is 1.08 bits per heavy atom. The van der Waals surface area contributed by atoms with E-state index < -0.39 is 17.7 Å². The summed E-state index contributed by atoms with van der Waals surface area (Å²) in [6.45, 7) is 5.80. The number of benzene rings is 3. The molecule has 4 aromatic rings. The molecule has 1 aliphatic heterocycles. The number of thiazole rings is 1. The molecule has 0 bridgehead atoms. The topological polar surface area (TPSA) is 109 Å². The number of phenolic OH excluding ortho intramolecular Hbond substituents is 1. The Hall–Kier alpha value is -4.37. The van der Waals surface area contributed by atoms with E-state index in [1.807, 2.05) is 32.0 Å². The number of aryl methyl sites for hydroxylation is 2. The van der Waals surface area contributed by atoms with E-state index in [1.165, 1.54) is 22.3 Å². The van der Waals surface area contributed by atoms with Crippen molar-refractivity contribution in [1.82, 2.24) is 4.98 Å². The summed E-state index contributed by atoms with van der Waals surface area (Å²) in [5.74, 6) is -1.13. The smallest absolute Gasteiger partial charge is 0.301 e. The Kier molecular flexibility index (Phi) is 6.54. The first kappa shape index (κ1) is 25.3. The van der Waals surface area contributed by atoms with Crippen molar-refractivity contribution < 1.29 is 29.3 Å². The Morgan fingerprint density at radius 2 is 1.87 bits per heavy atom. The highest BCUT2D eigenvalue weighted by molar-refractivity contribution is 7.22. The molecule has 1 atom stereocenters. The van der Waals surface area contributed by atoms with E-state index in [-0.39, 0.29) is 22.8 Å². The molecule has 0 saturated carbocycles. The van der Waals surface area contributed by atoms with Crippen molar-refractivity contribution >= 4 is 44.1 Å². The second-order valence-electron chi connectivity index (χ2n) is 8.98. The van der Waals surface area contributed by atoms with Gasteiger partial charge in [0.05, 0.1) is 35.5 Å². The largest absolute Gasteiger partial charge is 0.507 e. The van der Waals surface area contributed by atoms with E-state index in [0.29, 0.717) is 34.1 Å². The van der Waals surface area contributed by atoms with E-state index in [4.69, 9.17) is 9.47 Å². The van der Waals surface area contributed by atoms with Crippen LogP contribution in [0.15, 0.2) is 60.2 Å². The summed E-state index contributed by atoms with van der Waals surface area (Å²) in [4.78, 5) is 33.0. The second-order valence-corrected chi connectivity index (χ2v) is 9.99. The number of methoxy groups -OCH3 is 1. The predicted molar refractivity (Wildman–Crippen MR) is 146 cm³/mol. The van der Waals surface area contributed by atoms with Gasteiger partial charge in [0.15, 0.2) is 16.6 Å². The summed E-state index contributed by atoms with van der Waals surface area (Å²) in [5, 5.41) is 22.1. The lowest BCUT2D eigenvalue weighted by molar-refractivity contribution is -0.132. The lowest BCUT2D eigenvalue weighted by Crippen LogP contribution is -2.29. The molecule has 0 aliphatic carbocycles. The molecule has 5 rings (SSSR count). The summed E-state index contributed by atoms with van der Waals surface area (Å²) in [6, 6.07) is 14.5. The molecule has 1 aliphatic rings. The summed E-state index contributed by atoms with van der Waals surface area (Å²) < 4.78 is 11.7. The number of hydrogen-bond acceptors (Lipinski definition) is 8. The molecule has 0 spiro atoms. The number of ketones is 1. The number of ether oxygens (including phenoxy) is 2. The number of phenols is 1. The van der Waals surface area contributed by atoms with Crippen molar-refractivity contribution in [3.05, 3.63) is 82.4 Å². The lowest BCUT2D eigenvalue weighted by atomic mass is 9.93. The van der Waals surface area contributed by atoms with E-state index in [0.717, 1.165) is 15.8 Å². The molecule has 194 valence electrons. The van der Waals surface area contributed by atoms with Crippen LogP contribution in [0.2, 0.25) is 0 Å². The van der Waals surface area contributed by atoms with Crippen molar-refractivity contribution in [2.45, 2.75) is 26.8 Å². The first-order chi connectivity index (χ1) is 18.2. The van der Waals surface area contributed by atoms with E-state index in [1.54, 1.807) is 44.4 Å². The number of rotatable bonds is 6. The van der Waals surface area contributed by atoms with Crippen LogP contribution in [0, 0.1) is 13.8 Å². The maximum atomic E-state index is 13.6. The van der Waals surface area contributed by atoms with Crippen molar-refractivity contribution in [2.75, 3.05) is 18.6 Å². The van der Waals surface area contributed by atoms with Crippen molar-refractivity contribution in [1.29, 1.82) is 0 Å². The highest BCUT2D eigenvalue weighted by Crippen LogP contribution is 2.46. The van der Waals surface area contributed by atoms with Gasteiger partial charge in [-0.25, -0.2) is 4.98 Å². The van der Waals surface area contributed by atoms with Gasteiger partial charge in [0, 0.05) is 5.56 Å². The minimum Gasteiger partial charge on any atom is -0.507 e. The number of aliphatic hydroxyl groups excluding tert-OH is 1. The molecule has 8 nitrogen and oxygen atoms in total. The van der Waals surface area contributed by atoms with Crippen LogP contribution in [-0.2, 0) is 9.59 Å². The van der Waals surface area contributed by atoms with Crippen LogP contribution in [0.5, 0.6) is 17.2 Å². The maximum Gasteiger partial charge on any atom is 0.301 e. The van der Waals surface area contributed by atoms with Crippen LogP contribution in [0.3, 0.4) is 0 Å². The Balaban J connectivity index is 1.76. The number of hydrogen-bond donors (Lipinski definition) is 2. The van der Waals surface area contributed by atoms with Crippen LogP contribution in [0.25, 0.3) is 16.0 Å². The second kappa shape index (κ2) is 9.83. The monoisotopic (exact) mass is 530 g/mol. The van der Waals surface area contributed by atoms with Gasteiger partial charge in [0.25, 0.3) is 5.78 Å². The highest BCUT2D eigenvalue weighted by Gasteiger charge is 2.48. The van der Waals surface area contributed by atoms with Gasteiger partial charge >= 0.3 is 5.91 Å². The quantitative estimate of drug-likeness (QED) is 0.188. The zero-order chi connectivity index (χ0) is 27.1. The normalized spacial score (nSPS) is 16.8. The van der Waals surface area contributed by atoms with Crippen LogP contribution in [-0.4, -0.2) is 40.6 Å². The summed E-state index contributed by atoms with van der Waals surface area (Å²) in [7, 11) is 1.57. The summed E-state index contributed by atoms with van der Waals surface area (Å²) in [6.07, 6.45) is 0. The maximum absolute atomic E-state index is 13.6. The van der Waals surface area contributed by atoms with Crippen molar-refractivity contribution in [2.24, 2.45) is 0 Å². The van der Waals surface area contributed by atoms with Crippen LogP contribution < -0.4 is 14.4 Å². The van der Waals surface area contributed by atoms with Crippen LogP contribution in [0.1, 0.15) is 35.2 Å². The number of carbonyl (C=O) groups excluding carboxylic acids is 2. The standard InChI is InChI=1S/C29H26N2O6S/c1-5-37-22-13-17(8-11-21(22)32)25-24(26(33)19-12-15(2)6-7-16(19)3)27(34)28(35)31(25)29-30-20-10-9-18(36-4)14-23(20)38-29/h6-14,25,32-33H,5H2,1-4H3. The molecule has 2 heterocycles. The summed E-state index contributed by atoms with van der Waals surface area (Å²) in [5.41, 5.74) is 3.17. The molecule has 1 saturated heterocycles. The van der Waals surface area contributed by atoms with Gasteiger partial charge < -0.3 is 19.7 Å². The Morgan fingerprint density at radius 3 is 2.61 bits per heavy atom. The Labute approximate surface area is 223 Å². The number of nitrogens with zero attached hydrogens (tertiary/aromatic N) is 2. The molecule has 1 unspecified atom stereocenters. The molecule has 9 heteroatoms. The lowest BCUT2D eigenvalue weighted by Gasteiger charge is -2.24. The van der Waals surface area contributed by atoms with Crippen molar-refractivity contribution in [3.8, 4) is 17.2 Å². The molecule has 1 fully saturated rings. The molecular weight excluding hydrogens is 504 g/mol. The van der Waals surface area contributed by atoms with E-state index in [2.05, 4.69) is 4.98 Å². The molecule has 1 amide bonds. The van der Waals surface area contributed by atoms with Gasteiger partial charge in [-0.2, -0.15) is 0 Å². The third-order valence-electron chi connectivity index (χ3n) is 6.48. The number of amides is 1. The first-order valence-corrected chi connectivity index (χ1v) is 12.8. The van der Waals surface area contributed by atoms with Gasteiger partial charge in [-0.1, -0.05) is 35.1 Å². The van der Waals surface area contributed by atoms with Gasteiger partial charge in [-0.15, -0.1) is 0 Å². The fourth-order valence-corrected chi connectivity index (χ4v) is 5.60. The average Bonchev–Trinajstić information content (AvgIpc) is 3.44. The third-order valence-corrected chi connectivity index (χ3v) is 7.50. The van der Waals surface area contributed by atoms with Gasteiger partial charge in [-0.05, 0) is 68.3 Å². The number of Topliss-reactive ketones (excluding diaryl/α,β-unsaturated/α-hetero) is 1. The average molecular weight is 531 g/mol. The molecular formula is C29H26N2O6S. The van der Waals surface area contributed by atoms with Crippen LogP contribution in [0.4, 0.5) is 5.13 Å².